The lowest BCUT2D eigenvalue weighted by atomic mass is 10.3. The van der Waals surface area contributed by atoms with Gasteiger partial charge in [0.2, 0.25) is 0 Å². The van der Waals surface area contributed by atoms with Crippen LogP contribution in [0.5, 0.6) is 11.5 Å². The van der Waals surface area contributed by atoms with Gasteiger partial charge in [-0.15, -0.1) is 0 Å². The normalized spacial score (nSPS) is 15.7. The molecule has 1 aromatic carbocycles. The van der Waals surface area contributed by atoms with E-state index in [9.17, 15) is 4.21 Å². The van der Waals surface area contributed by atoms with Gasteiger partial charge in [0.15, 0.2) is 11.5 Å². The zero-order valence-electron chi connectivity index (χ0n) is 10.8. The molecule has 2 rings (SSSR count). The van der Waals surface area contributed by atoms with Gasteiger partial charge in [-0.3, -0.25) is 4.21 Å². The highest BCUT2D eigenvalue weighted by Gasteiger charge is 2.14. The van der Waals surface area contributed by atoms with Crippen molar-refractivity contribution in [3.8, 4) is 11.5 Å². The maximum atomic E-state index is 12.1. The van der Waals surface area contributed by atoms with E-state index >= 15 is 0 Å². The summed E-state index contributed by atoms with van der Waals surface area (Å²) in [6.07, 6.45) is 0. The Labute approximate surface area is 110 Å². The molecule has 1 unspecified atom stereocenters. The van der Waals surface area contributed by atoms with E-state index < -0.39 is 10.8 Å². The Bertz CT molecular complexity index is 434. The van der Waals surface area contributed by atoms with Crippen LogP contribution in [0.3, 0.4) is 0 Å². The molecule has 1 heterocycles. The fraction of sp³-hybridized carbons (Fsp3) is 0.538. The topological polar surface area (TPSA) is 47.6 Å². The number of rotatable bonds is 5. The fourth-order valence-corrected chi connectivity index (χ4v) is 2.72. The van der Waals surface area contributed by atoms with Gasteiger partial charge in [0.05, 0.1) is 10.8 Å². The number of nitrogens with one attached hydrogen (secondary N) is 1. The van der Waals surface area contributed by atoms with Crippen molar-refractivity contribution < 1.29 is 13.7 Å². The van der Waals surface area contributed by atoms with E-state index in [4.69, 9.17) is 9.47 Å². The van der Waals surface area contributed by atoms with E-state index in [1.165, 1.54) is 0 Å². The summed E-state index contributed by atoms with van der Waals surface area (Å²) in [7, 11) is -0.996. The molecule has 0 aromatic heterocycles. The second kappa shape index (κ2) is 6.20. The summed E-state index contributed by atoms with van der Waals surface area (Å²) in [5.74, 6) is 2.05. The van der Waals surface area contributed by atoms with Crippen molar-refractivity contribution in [2.24, 2.45) is 0 Å². The van der Waals surface area contributed by atoms with Gasteiger partial charge in [0, 0.05) is 29.3 Å². The fourth-order valence-electron chi connectivity index (χ4n) is 1.72. The van der Waals surface area contributed by atoms with Crippen LogP contribution in [-0.4, -0.2) is 35.8 Å². The van der Waals surface area contributed by atoms with E-state index in [0.717, 1.165) is 17.2 Å². The molecule has 1 aromatic rings. The third kappa shape index (κ3) is 3.46. The van der Waals surface area contributed by atoms with Gasteiger partial charge in [-0.2, -0.15) is 0 Å². The van der Waals surface area contributed by atoms with Crippen LogP contribution >= 0.6 is 0 Å². The molecule has 5 heteroatoms. The van der Waals surface area contributed by atoms with Crippen molar-refractivity contribution in [3.63, 3.8) is 0 Å². The Morgan fingerprint density at radius 2 is 2.00 bits per heavy atom. The average molecular weight is 269 g/mol. The second-order valence-electron chi connectivity index (χ2n) is 4.46. The molecule has 0 radical (unpaired) electrons. The molecule has 18 heavy (non-hydrogen) atoms. The van der Waals surface area contributed by atoms with E-state index in [2.05, 4.69) is 19.2 Å². The van der Waals surface area contributed by atoms with Crippen LogP contribution in [0.2, 0.25) is 0 Å². The highest BCUT2D eigenvalue weighted by molar-refractivity contribution is 7.85. The van der Waals surface area contributed by atoms with Gasteiger partial charge in [-0.1, -0.05) is 13.8 Å². The van der Waals surface area contributed by atoms with Crippen LogP contribution in [0.1, 0.15) is 13.8 Å². The molecule has 0 amide bonds. The lowest BCUT2D eigenvalue weighted by Crippen LogP contribution is -2.27. The van der Waals surface area contributed by atoms with Gasteiger partial charge in [-0.25, -0.2) is 0 Å². The van der Waals surface area contributed by atoms with Crippen LogP contribution in [0.15, 0.2) is 23.1 Å². The summed E-state index contributed by atoms with van der Waals surface area (Å²) >= 11 is 0. The molecule has 0 aliphatic carbocycles. The van der Waals surface area contributed by atoms with Crippen molar-refractivity contribution in [2.75, 3.05) is 25.5 Å². The molecule has 0 saturated heterocycles. The van der Waals surface area contributed by atoms with Crippen LogP contribution in [0.25, 0.3) is 0 Å². The maximum absolute atomic E-state index is 12.1. The molecule has 1 N–H and O–H groups in total. The Balaban J connectivity index is 1.98. The molecule has 0 bridgehead atoms. The molecule has 4 nitrogen and oxygen atoms in total. The number of fused-ring (bicyclic) bond motifs is 1. The first-order valence-corrected chi connectivity index (χ1v) is 7.50. The average Bonchev–Trinajstić information content (AvgIpc) is 2.37. The standard InChI is InChI=1S/C13H19NO3S/c1-10(2)14-5-8-18(15)11-3-4-12-13(9-11)17-7-6-16-12/h3-4,9-10,14H,5-8H2,1-2H3. The summed E-state index contributed by atoms with van der Waals surface area (Å²) in [6, 6.07) is 5.92. The monoisotopic (exact) mass is 269 g/mol. The van der Waals surface area contributed by atoms with Crippen LogP contribution in [0, 0.1) is 0 Å². The minimum absolute atomic E-state index is 0.419. The number of hydrogen-bond acceptors (Lipinski definition) is 4. The van der Waals surface area contributed by atoms with Crippen molar-refractivity contribution in [2.45, 2.75) is 24.8 Å². The van der Waals surface area contributed by atoms with E-state index in [1.54, 1.807) is 0 Å². The van der Waals surface area contributed by atoms with Crippen molar-refractivity contribution in [1.29, 1.82) is 0 Å². The molecule has 1 aliphatic rings. The molecule has 1 atom stereocenters. The summed E-state index contributed by atoms with van der Waals surface area (Å²) in [5, 5.41) is 3.26. The largest absolute Gasteiger partial charge is 0.486 e. The maximum Gasteiger partial charge on any atom is 0.162 e. The highest BCUT2D eigenvalue weighted by Crippen LogP contribution is 2.31. The van der Waals surface area contributed by atoms with Gasteiger partial charge < -0.3 is 14.8 Å². The third-order valence-corrected chi connectivity index (χ3v) is 3.97. The quantitative estimate of drug-likeness (QED) is 0.881. The molecule has 0 fully saturated rings. The molecular formula is C13H19NO3S. The van der Waals surface area contributed by atoms with Crippen molar-refractivity contribution in [3.05, 3.63) is 18.2 Å². The molecule has 100 valence electrons. The Kier molecular flexibility index (Phi) is 4.60. The zero-order chi connectivity index (χ0) is 13.0. The summed E-state index contributed by atoms with van der Waals surface area (Å²) in [4.78, 5) is 0.796. The Morgan fingerprint density at radius 1 is 1.28 bits per heavy atom. The molecule has 1 aliphatic heterocycles. The second-order valence-corrected chi connectivity index (χ2v) is 6.03. The Hall–Kier alpha value is -1.07. The van der Waals surface area contributed by atoms with Gasteiger partial charge in [0.1, 0.15) is 13.2 Å². The number of hydrogen-bond donors (Lipinski definition) is 1. The predicted octanol–water partition coefficient (Wildman–Crippen LogP) is 1.56. The molecular weight excluding hydrogens is 250 g/mol. The third-order valence-electron chi connectivity index (χ3n) is 2.62. The number of benzene rings is 1. The first kappa shape index (κ1) is 13.4. The van der Waals surface area contributed by atoms with Crippen molar-refractivity contribution in [1.82, 2.24) is 5.32 Å². The summed E-state index contributed by atoms with van der Waals surface area (Å²) in [6.45, 7) is 6.03. The van der Waals surface area contributed by atoms with Crippen LogP contribution in [-0.2, 0) is 10.8 Å². The van der Waals surface area contributed by atoms with Gasteiger partial charge in [0.25, 0.3) is 0 Å². The van der Waals surface area contributed by atoms with E-state index in [0.29, 0.717) is 30.8 Å². The first-order valence-electron chi connectivity index (χ1n) is 6.18. The lowest BCUT2D eigenvalue weighted by molar-refractivity contribution is 0.171. The predicted molar refractivity (Wildman–Crippen MR) is 71.8 cm³/mol. The van der Waals surface area contributed by atoms with Crippen LogP contribution < -0.4 is 14.8 Å². The van der Waals surface area contributed by atoms with Crippen molar-refractivity contribution >= 4 is 10.8 Å². The van der Waals surface area contributed by atoms with Gasteiger partial charge >= 0.3 is 0 Å². The lowest BCUT2D eigenvalue weighted by Gasteiger charge is -2.18. The van der Waals surface area contributed by atoms with Gasteiger partial charge in [-0.05, 0) is 12.1 Å². The summed E-state index contributed by atoms with van der Waals surface area (Å²) in [5.41, 5.74) is 0. The zero-order valence-corrected chi connectivity index (χ0v) is 11.6. The highest BCUT2D eigenvalue weighted by atomic mass is 32.2. The molecule has 0 saturated carbocycles. The summed E-state index contributed by atoms with van der Waals surface area (Å²) < 4.78 is 23.0. The minimum atomic E-state index is -0.996. The number of ether oxygens (including phenoxy) is 2. The van der Waals surface area contributed by atoms with E-state index in [-0.39, 0.29) is 0 Å². The van der Waals surface area contributed by atoms with Crippen LogP contribution in [0.4, 0.5) is 0 Å². The SMILES string of the molecule is CC(C)NCCS(=O)c1ccc2c(c1)OCCO2. The minimum Gasteiger partial charge on any atom is -0.486 e. The Morgan fingerprint density at radius 3 is 2.72 bits per heavy atom. The smallest absolute Gasteiger partial charge is 0.162 e. The molecule has 0 spiro atoms. The first-order chi connectivity index (χ1) is 8.66. The van der Waals surface area contributed by atoms with E-state index in [1.807, 2.05) is 18.2 Å².